The maximum atomic E-state index is 12.8. The van der Waals surface area contributed by atoms with Crippen LogP contribution in [0.4, 0.5) is 15.8 Å². The molecule has 0 aliphatic carbocycles. The summed E-state index contributed by atoms with van der Waals surface area (Å²) in [6.45, 7) is 16.8. The van der Waals surface area contributed by atoms with Crippen molar-refractivity contribution < 1.29 is 96.4 Å². The topological polar surface area (TPSA) is 348 Å². The molecule has 2 aliphatic heterocycles. The third-order valence-corrected chi connectivity index (χ3v) is 20.3. The van der Waals surface area contributed by atoms with E-state index in [-0.39, 0.29) is 35.5 Å². The number of rotatable bonds is 39. The molecule has 4 aromatic carbocycles. The normalized spacial score (nSPS) is 18.5. The van der Waals surface area contributed by atoms with Gasteiger partial charge in [0, 0.05) is 126 Å². The number of nitrogens with one attached hydrogen (secondary N) is 2. The number of pyridine rings is 2. The molecule has 2 amide bonds. The number of halogens is 4. The van der Waals surface area contributed by atoms with Crippen LogP contribution in [0.1, 0.15) is 189 Å². The number of nitriles is 2. The third-order valence-electron chi connectivity index (χ3n) is 19.1. The van der Waals surface area contributed by atoms with Gasteiger partial charge >= 0.3 is 23.9 Å². The SMILES string of the molecule is CC(=O)[O-].CCCC(=O)Nc1cc(CBr)ccc1O[C@@H]1O[C@H](C(=O)OC)[C@@H](OC(C)=O)[C@H](C)[C@H]1C.CCCC(=O)Nc1cc(C[n+]2ccc(CC(CCCCCCCOc3ccc(Cl)cc3)=NC#N)cc2)ccc1O[C@@H]1O[C@H](C(=O)OC)[C@@H](OC(C)=O)[C@H](C)[C@H]1C.N#CN=C(CCCCCCCOc1ccc(Cl)cc1)Cc1ccncc1.[2H]CF. The van der Waals surface area contributed by atoms with Gasteiger partial charge in [0.25, 0.3) is 0 Å². The van der Waals surface area contributed by atoms with Crippen molar-refractivity contribution in [2.45, 2.75) is 227 Å². The number of amides is 2. The predicted molar refractivity (Wildman–Crippen MR) is 453 cm³/mol. The average molecular weight is 1750 g/mol. The Morgan fingerprint density at radius 1 is 0.563 bits per heavy atom. The summed E-state index contributed by atoms with van der Waals surface area (Å²) in [7, 11) is 1.49. The molecule has 2 fully saturated rings. The number of methoxy groups -OCH3 is 2. The number of carboxylic acids is 1. The van der Waals surface area contributed by atoms with Crippen LogP contribution < -0.4 is 39.3 Å². The van der Waals surface area contributed by atoms with E-state index < -0.39 is 74.0 Å². The monoisotopic (exact) mass is 1750 g/mol. The molecule has 30 heteroatoms. The number of carbonyl (C=O) groups is 7. The third kappa shape index (κ3) is 38.2. The van der Waals surface area contributed by atoms with E-state index >= 15 is 0 Å². The molecule has 0 radical (unpaired) electrons. The minimum atomic E-state index is -1.18. The molecule has 26 nitrogen and oxygen atoms in total. The number of nitrogens with zero attached hydrogens (tertiary/aromatic N) is 6. The van der Waals surface area contributed by atoms with Crippen molar-refractivity contribution in [3.05, 3.63) is 166 Å². The number of carboxylic acid groups (broad SMARTS) is 1. The van der Waals surface area contributed by atoms with Crippen LogP contribution >= 0.6 is 39.1 Å². The zero-order valence-electron chi connectivity index (χ0n) is 70.8. The van der Waals surface area contributed by atoms with Gasteiger partial charge in [-0.25, -0.2) is 14.2 Å². The number of esters is 4. The van der Waals surface area contributed by atoms with Gasteiger partial charge in [0.2, 0.25) is 36.8 Å². The Bertz CT molecular complexity index is 4260. The molecular formula is C89H114BrCl2FN8O18. The number of aliphatic imine (C=N–C) groups is 2. The Morgan fingerprint density at radius 2 is 0.941 bits per heavy atom. The number of hydrogen-bond donors (Lipinski definition) is 2. The first kappa shape index (κ1) is 99.5. The van der Waals surface area contributed by atoms with E-state index in [9.17, 15) is 38.4 Å². The smallest absolute Gasteiger partial charge is 0.339 e. The molecule has 119 heavy (non-hydrogen) atoms. The average Bonchev–Trinajstić information content (AvgIpc) is 0.790. The number of unbranched alkanes of at least 4 members (excludes halogenated alkanes) is 8. The molecule has 2 aromatic heterocycles. The molecule has 646 valence electrons. The molecule has 4 heterocycles. The molecular weight excluding hydrogens is 1640 g/mol. The van der Waals surface area contributed by atoms with Crippen LogP contribution in [0.2, 0.25) is 10.0 Å². The fourth-order valence-electron chi connectivity index (χ4n) is 12.6. The standard InChI is InChI=1S/C43H53ClN4O8.C22H30BrNO7.C21H24ClN3O.C2H4O2.CH3F/c1-6-12-39(50)47-37-26-33(14-19-38(37)55-43-30(3)29(2)40(54-31(4)49)41(56-43)42(51)52-5)27-48-22-20-32(21-23-48)25-35(46-28-45)13-10-8-7-9-11-24-53-36-17-15-34(44)16-18-36;1-6-7-18(26)24-16-10-15(11-23)8-9-17(16)30-22-13(3)12(2)19(29-14(4)25)20(31-22)21(27)28-5;22-19-7-9-21(10-8-19)26-15-5-3-1-2-4-6-20(25-17-23)16-18-11-13-24-14-12-18;1-2(3)4;1-2/h14-23,26,29-30,40-41,43H,6-13,24-25,27H2,1-5H3;8-10,12-13,19-20,22H,6-7,11H2,1-5H3,(H,24,26);7-14H,1-6,15-16H2;1H3,(H,3,4);1H3/t29-,30-,40+,41+,43-;12-,13-,19+,20+,22-;;;/m11.../s1/i;;;;1D. The zero-order chi connectivity index (χ0) is 88.3. The van der Waals surface area contributed by atoms with Gasteiger partial charge < -0.3 is 67.9 Å². The van der Waals surface area contributed by atoms with Crippen molar-refractivity contribution in [1.82, 2.24) is 4.98 Å². The Morgan fingerprint density at radius 3 is 1.32 bits per heavy atom. The Hall–Kier alpha value is -10.1. The number of aliphatic carboxylic acids is 1. The quantitative estimate of drug-likeness (QED) is 0.00688. The van der Waals surface area contributed by atoms with Gasteiger partial charge in [0.05, 0.1) is 47.3 Å². The first-order chi connectivity index (χ1) is 57.6. The van der Waals surface area contributed by atoms with Crippen LogP contribution in [0, 0.1) is 46.6 Å². The summed E-state index contributed by atoms with van der Waals surface area (Å²) < 4.78 is 74.0. The van der Waals surface area contributed by atoms with Crippen molar-refractivity contribution in [2.75, 3.05) is 45.2 Å². The maximum absolute atomic E-state index is 12.8. The lowest BCUT2D eigenvalue weighted by atomic mass is 9.84. The van der Waals surface area contributed by atoms with Crippen LogP contribution in [-0.4, -0.2) is 130 Å². The van der Waals surface area contributed by atoms with Crippen LogP contribution in [0.3, 0.4) is 0 Å². The molecule has 0 bridgehead atoms. The molecule has 2 saturated heterocycles. The lowest BCUT2D eigenvalue weighted by molar-refractivity contribution is -0.688. The lowest BCUT2D eigenvalue weighted by Crippen LogP contribution is -2.55. The Kier molecular flexibility index (Phi) is 47.8. The molecule has 0 spiro atoms. The molecule has 2 N–H and O–H groups in total. The first-order valence-corrected chi connectivity index (χ1v) is 41.6. The number of benzene rings is 4. The molecule has 0 saturated carbocycles. The van der Waals surface area contributed by atoms with Crippen molar-refractivity contribution in [2.24, 2.45) is 33.7 Å². The first-order valence-electron chi connectivity index (χ1n) is 40.5. The fraction of sp³-hybridized carbons (Fsp3) is 0.494. The summed E-state index contributed by atoms with van der Waals surface area (Å²) in [6, 6.07) is 33.8. The van der Waals surface area contributed by atoms with Crippen molar-refractivity contribution in [1.29, 1.82) is 10.5 Å². The maximum Gasteiger partial charge on any atom is 0.339 e. The van der Waals surface area contributed by atoms with E-state index in [1.165, 1.54) is 34.5 Å². The molecule has 10 atom stereocenters. The van der Waals surface area contributed by atoms with Gasteiger partial charge in [0.1, 0.15) is 35.2 Å². The molecule has 0 unspecified atom stereocenters. The highest BCUT2D eigenvalue weighted by Crippen LogP contribution is 2.39. The van der Waals surface area contributed by atoms with Crippen LogP contribution in [0.5, 0.6) is 23.0 Å². The van der Waals surface area contributed by atoms with E-state index in [1.807, 2.05) is 168 Å². The van der Waals surface area contributed by atoms with Gasteiger partial charge in [-0.15, -0.1) is 0 Å². The van der Waals surface area contributed by atoms with E-state index in [0.29, 0.717) is 72.1 Å². The Labute approximate surface area is 718 Å². The molecule has 2 aliphatic rings. The number of carbonyl (C=O) groups excluding carboxylic acids is 7. The largest absolute Gasteiger partial charge is 0.550 e. The number of alkyl halides is 2. The second-order valence-electron chi connectivity index (χ2n) is 28.4. The predicted octanol–water partition coefficient (Wildman–Crippen LogP) is 16.5. The van der Waals surface area contributed by atoms with Gasteiger partial charge in [-0.1, -0.05) is 125 Å². The highest BCUT2D eigenvalue weighted by Gasteiger charge is 2.50. The van der Waals surface area contributed by atoms with E-state index in [2.05, 4.69) is 41.5 Å². The van der Waals surface area contributed by atoms with Crippen molar-refractivity contribution in [3.8, 4) is 35.4 Å². The fourth-order valence-corrected chi connectivity index (χ4v) is 13.2. The minimum absolute atomic E-state index is 0.118. The van der Waals surface area contributed by atoms with Gasteiger partial charge in [0.15, 0.2) is 31.1 Å². The summed E-state index contributed by atoms with van der Waals surface area (Å²) in [4.78, 5) is 94.3. The summed E-state index contributed by atoms with van der Waals surface area (Å²) in [5, 5.41) is 35.0. The Balaban J connectivity index is 0.000000396. The number of ether oxygens (including phenoxy) is 10. The zero-order valence-corrected chi connectivity index (χ0v) is 72.9. The van der Waals surface area contributed by atoms with Crippen molar-refractivity contribution in [3.63, 3.8) is 0 Å². The highest BCUT2D eigenvalue weighted by molar-refractivity contribution is 9.08. The van der Waals surface area contributed by atoms with Gasteiger partial charge in [-0.3, -0.25) is 28.6 Å². The number of hydrogen-bond acceptors (Lipinski definition) is 23. The second kappa shape index (κ2) is 57.1. The number of aromatic nitrogens is 2. The second-order valence-corrected chi connectivity index (χ2v) is 29.8. The molecule has 6 aromatic rings. The summed E-state index contributed by atoms with van der Waals surface area (Å²) in [5.74, 6) is -2.28. The van der Waals surface area contributed by atoms with Gasteiger partial charge in [-0.05, 0) is 166 Å². The highest BCUT2D eigenvalue weighted by atomic mass is 79.9. The molecule has 8 rings (SSSR count). The summed E-state index contributed by atoms with van der Waals surface area (Å²) in [6.07, 6.45) is 21.5. The minimum Gasteiger partial charge on any atom is -0.550 e. The van der Waals surface area contributed by atoms with Crippen LogP contribution in [0.25, 0.3) is 0 Å². The summed E-state index contributed by atoms with van der Waals surface area (Å²) in [5.41, 5.74) is 6.90. The van der Waals surface area contributed by atoms with E-state index in [1.54, 1.807) is 24.5 Å². The summed E-state index contributed by atoms with van der Waals surface area (Å²) >= 11 is 15.2. The lowest BCUT2D eigenvalue weighted by Gasteiger charge is -2.42. The van der Waals surface area contributed by atoms with Crippen LogP contribution in [0.15, 0.2) is 144 Å². The van der Waals surface area contributed by atoms with E-state index in [0.717, 1.165) is 147 Å². The van der Waals surface area contributed by atoms with Crippen molar-refractivity contribution >= 4 is 104 Å². The van der Waals surface area contributed by atoms with Crippen LogP contribution in [-0.2, 0) is 86.7 Å². The number of anilines is 2. The van der Waals surface area contributed by atoms with Gasteiger partial charge in [-0.2, -0.15) is 20.5 Å². The van der Waals surface area contributed by atoms with E-state index in [4.69, 9.17) is 87.1 Å².